The summed E-state index contributed by atoms with van der Waals surface area (Å²) in [6.45, 7) is 8.73. The molecule has 124 valence electrons. The van der Waals surface area contributed by atoms with Gasteiger partial charge in [-0.25, -0.2) is 0 Å². The zero-order valence-corrected chi connectivity index (χ0v) is 14.7. The van der Waals surface area contributed by atoms with E-state index in [1.165, 1.54) is 22.4 Å². The lowest BCUT2D eigenvalue weighted by atomic mass is 9.75. The molecule has 2 heterocycles. The minimum absolute atomic E-state index is 0.194. The number of fused-ring (bicyclic) bond motifs is 2. The SMILES string of the molecule is Cc1ccc2c(c1C)C(C)(C)C1(C=Nc3cc(O)ccc3O1)N2C. The van der Waals surface area contributed by atoms with Crippen LogP contribution in [0, 0.1) is 13.8 Å². The van der Waals surface area contributed by atoms with Crippen LogP contribution < -0.4 is 9.64 Å². The van der Waals surface area contributed by atoms with Gasteiger partial charge in [0.15, 0.2) is 0 Å². The molecule has 4 heteroatoms. The number of phenolic OH excluding ortho intramolecular Hbond substituents is 1. The molecule has 2 aliphatic rings. The Balaban J connectivity index is 1.92. The van der Waals surface area contributed by atoms with Gasteiger partial charge in [0.05, 0.1) is 11.6 Å². The molecule has 0 aliphatic carbocycles. The van der Waals surface area contributed by atoms with Gasteiger partial charge in [0, 0.05) is 18.8 Å². The minimum atomic E-state index is -0.683. The molecule has 4 nitrogen and oxygen atoms in total. The van der Waals surface area contributed by atoms with Crippen LogP contribution in [0.15, 0.2) is 35.3 Å². The molecule has 1 spiro atoms. The van der Waals surface area contributed by atoms with E-state index in [-0.39, 0.29) is 11.2 Å². The molecule has 0 radical (unpaired) electrons. The van der Waals surface area contributed by atoms with Gasteiger partial charge < -0.3 is 14.7 Å². The average Bonchev–Trinajstić information content (AvgIpc) is 2.70. The fourth-order valence-electron chi connectivity index (χ4n) is 4.14. The predicted molar refractivity (Wildman–Crippen MR) is 97.0 cm³/mol. The van der Waals surface area contributed by atoms with Crippen molar-refractivity contribution in [3.05, 3.63) is 47.0 Å². The minimum Gasteiger partial charge on any atom is -0.508 e. The summed E-state index contributed by atoms with van der Waals surface area (Å²) in [6.07, 6.45) is 1.88. The molecule has 0 saturated heterocycles. The van der Waals surface area contributed by atoms with Crippen molar-refractivity contribution in [2.45, 2.75) is 38.8 Å². The van der Waals surface area contributed by atoms with Gasteiger partial charge in [0.1, 0.15) is 17.2 Å². The number of ether oxygens (including phenoxy) is 1. The van der Waals surface area contributed by atoms with E-state index in [4.69, 9.17) is 4.74 Å². The van der Waals surface area contributed by atoms with E-state index in [2.05, 4.69) is 56.8 Å². The maximum absolute atomic E-state index is 9.67. The van der Waals surface area contributed by atoms with Crippen molar-refractivity contribution in [1.82, 2.24) is 0 Å². The normalized spacial score (nSPS) is 23.1. The quantitative estimate of drug-likeness (QED) is 0.789. The molecule has 0 bridgehead atoms. The summed E-state index contributed by atoms with van der Waals surface area (Å²) in [4.78, 5) is 6.79. The second-order valence-electron chi connectivity index (χ2n) is 7.29. The number of phenols is 1. The number of aliphatic imine (C=N–C) groups is 1. The molecular formula is C20H22N2O2. The zero-order chi connectivity index (χ0) is 17.3. The number of aromatic hydroxyl groups is 1. The van der Waals surface area contributed by atoms with Crippen molar-refractivity contribution >= 4 is 17.6 Å². The first-order valence-corrected chi connectivity index (χ1v) is 8.20. The molecule has 1 atom stereocenters. The molecule has 2 aromatic rings. The molecule has 0 amide bonds. The third-order valence-corrected chi connectivity index (χ3v) is 5.68. The number of aryl methyl sites for hydroxylation is 1. The Morgan fingerprint density at radius 3 is 2.62 bits per heavy atom. The van der Waals surface area contributed by atoms with Crippen LogP contribution in [0.5, 0.6) is 11.5 Å². The molecule has 1 N–H and O–H groups in total. The van der Waals surface area contributed by atoms with Crippen LogP contribution in [0.4, 0.5) is 11.4 Å². The number of anilines is 1. The van der Waals surface area contributed by atoms with Crippen molar-refractivity contribution in [3.63, 3.8) is 0 Å². The Kier molecular flexibility index (Phi) is 2.84. The summed E-state index contributed by atoms with van der Waals surface area (Å²) in [5.41, 5.74) is 4.77. The summed E-state index contributed by atoms with van der Waals surface area (Å²) in [5, 5.41) is 9.67. The Hall–Kier alpha value is -2.49. The second kappa shape index (κ2) is 4.53. The van der Waals surface area contributed by atoms with Gasteiger partial charge in [-0.05, 0) is 62.6 Å². The number of rotatable bonds is 0. The number of likely N-dealkylation sites (N-methyl/N-ethyl adjacent to an activating group) is 1. The molecular weight excluding hydrogens is 300 g/mol. The first-order valence-electron chi connectivity index (χ1n) is 8.20. The maximum atomic E-state index is 9.67. The Labute approximate surface area is 142 Å². The van der Waals surface area contributed by atoms with Crippen LogP contribution in [0.25, 0.3) is 0 Å². The highest BCUT2D eigenvalue weighted by molar-refractivity contribution is 5.88. The lowest BCUT2D eigenvalue weighted by molar-refractivity contribution is 0.0821. The van der Waals surface area contributed by atoms with Crippen molar-refractivity contribution in [2.75, 3.05) is 11.9 Å². The molecule has 0 saturated carbocycles. The largest absolute Gasteiger partial charge is 0.508 e. The van der Waals surface area contributed by atoms with Crippen LogP contribution in [-0.2, 0) is 5.41 Å². The van der Waals surface area contributed by atoms with Gasteiger partial charge in [0.2, 0.25) is 5.72 Å². The highest BCUT2D eigenvalue weighted by Crippen LogP contribution is 2.54. The molecule has 4 rings (SSSR count). The van der Waals surface area contributed by atoms with Gasteiger partial charge in [-0.15, -0.1) is 0 Å². The van der Waals surface area contributed by atoms with Crippen molar-refractivity contribution in [1.29, 1.82) is 0 Å². The standard InChI is InChI=1S/C20H22N2O2/c1-12-6-8-16-18(13(12)2)19(3,4)20(22(16)5)11-21-15-10-14(23)7-9-17(15)24-20/h6-11,23H,1-5H3. The molecule has 2 aromatic carbocycles. The van der Waals surface area contributed by atoms with Crippen LogP contribution in [0.1, 0.15) is 30.5 Å². The Morgan fingerprint density at radius 1 is 1.12 bits per heavy atom. The van der Waals surface area contributed by atoms with E-state index in [1.54, 1.807) is 18.2 Å². The monoisotopic (exact) mass is 322 g/mol. The molecule has 0 aromatic heterocycles. The van der Waals surface area contributed by atoms with E-state index < -0.39 is 5.72 Å². The van der Waals surface area contributed by atoms with Crippen LogP contribution in [-0.4, -0.2) is 24.1 Å². The number of hydrogen-bond donors (Lipinski definition) is 1. The topological polar surface area (TPSA) is 45.1 Å². The molecule has 2 aliphatic heterocycles. The van der Waals surface area contributed by atoms with E-state index in [0.29, 0.717) is 11.4 Å². The maximum Gasteiger partial charge on any atom is 0.228 e. The summed E-state index contributed by atoms with van der Waals surface area (Å²) in [7, 11) is 2.06. The van der Waals surface area contributed by atoms with Crippen molar-refractivity contribution < 1.29 is 9.84 Å². The first-order chi connectivity index (χ1) is 11.3. The zero-order valence-electron chi connectivity index (χ0n) is 14.7. The fourth-order valence-corrected chi connectivity index (χ4v) is 4.14. The molecule has 0 fully saturated rings. The summed E-state index contributed by atoms with van der Waals surface area (Å²) in [6, 6.07) is 9.37. The van der Waals surface area contributed by atoms with Gasteiger partial charge in [-0.2, -0.15) is 0 Å². The van der Waals surface area contributed by atoms with Gasteiger partial charge in [0.25, 0.3) is 0 Å². The van der Waals surface area contributed by atoms with Crippen LogP contribution in [0.3, 0.4) is 0 Å². The third-order valence-electron chi connectivity index (χ3n) is 5.68. The van der Waals surface area contributed by atoms with Crippen molar-refractivity contribution in [2.24, 2.45) is 4.99 Å². The third kappa shape index (κ3) is 1.66. The summed E-state index contributed by atoms with van der Waals surface area (Å²) < 4.78 is 6.51. The van der Waals surface area contributed by atoms with E-state index >= 15 is 0 Å². The highest BCUT2D eigenvalue weighted by Gasteiger charge is 2.59. The average molecular weight is 322 g/mol. The Bertz CT molecular complexity index is 885. The van der Waals surface area contributed by atoms with E-state index in [0.717, 1.165) is 0 Å². The van der Waals surface area contributed by atoms with E-state index in [1.807, 2.05) is 6.21 Å². The number of hydrogen-bond acceptors (Lipinski definition) is 4. The number of nitrogens with zero attached hydrogens (tertiary/aromatic N) is 2. The Morgan fingerprint density at radius 2 is 1.88 bits per heavy atom. The highest BCUT2D eigenvalue weighted by atomic mass is 16.5. The summed E-state index contributed by atoms with van der Waals surface area (Å²) in [5.74, 6) is 0.886. The van der Waals surface area contributed by atoms with Crippen LogP contribution >= 0.6 is 0 Å². The smallest absolute Gasteiger partial charge is 0.228 e. The van der Waals surface area contributed by atoms with Gasteiger partial charge in [-0.1, -0.05) is 6.07 Å². The lowest BCUT2D eigenvalue weighted by Gasteiger charge is -2.45. The predicted octanol–water partition coefficient (Wildman–Crippen LogP) is 4.23. The van der Waals surface area contributed by atoms with E-state index in [9.17, 15) is 5.11 Å². The molecule has 24 heavy (non-hydrogen) atoms. The fraction of sp³-hybridized carbons (Fsp3) is 0.350. The first kappa shape index (κ1) is 15.1. The van der Waals surface area contributed by atoms with Crippen LogP contribution in [0.2, 0.25) is 0 Å². The number of benzene rings is 2. The second-order valence-corrected chi connectivity index (χ2v) is 7.29. The van der Waals surface area contributed by atoms with Gasteiger partial charge >= 0.3 is 0 Å². The van der Waals surface area contributed by atoms with Gasteiger partial charge in [-0.3, -0.25) is 4.99 Å². The van der Waals surface area contributed by atoms with Crippen molar-refractivity contribution in [3.8, 4) is 11.5 Å². The lowest BCUT2D eigenvalue weighted by Crippen LogP contribution is -2.61. The summed E-state index contributed by atoms with van der Waals surface area (Å²) >= 11 is 0. The molecule has 1 unspecified atom stereocenters.